The summed E-state index contributed by atoms with van der Waals surface area (Å²) in [6.07, 6.45) is 7.44. The number of likely N-dealkylation sites (tertiary alicyclic amines) is 1. The molecule has 3 rings (SSSR count). The summed E-state index contributed by atoms with van der Waals surface area (Å²) >= 11 is 0. The van der Waals surface area contributed by atoms with Gasteiger partial charge >= 0.3 is 6.03 Å². The van der Waals surface area contributed by atoms with E-state index in [1.807, 2.05) is 30.8 Å². The van der Waals surface area contributed by atoms with E-state index >= 15 is 0 Å². The minimum Gasteiger partial charge on any atom is -0.337 e. The van der Waals surface area contributed by atoms with Crippen LogP contribution in [0.4, 0.5) is 4.79 Å². The molecule has 1 fully saturated rings. The van der Waals surface area contributed by atoms with Crippen LogP contribution in [-0.2, 0) is 13.6 Å². The van der Waals surface area contributed by atoms with E-state index in [0.717, 1.165) is 18.9 Å². The third kappa shape index (κ3) is 5.10. The van der Waals surface area contributed by atoms with Crippen molar-refractivity contribution >= 4 is 6.03 Å². The Bertz CT molecular complexity index is 708. The molecule has 0 aliphatic carbocycles. The normalized spacial score (nSPS) is 16.1. The van der Waals surface area contributed by atoms with E-state index in [9.17, 15) is 4.79 Å². The van der Waals surface area contributed by atoms with Crippen molar-refractivity contribution in [2.75, 3.05) is 26.2 Å². The molecule has 146 valence electrons. The molecule has 0 unspecified atom stereocenters. The summed E-state index contributed by atoms with van der Waals surface area (Å²) in [5.41, 5.74) is 1.27. The summed E-state index contributed by atoms with van der Waals surface area (Å²) in [7, 11) is 1.95. The average Bonchev–Trinajstić information content (AvgIpc) is 3.12. The first-order valence-electron chi connectivity index (χ1n) is 9.97. The number of amides is 2. The summed E-state index contributed by atoms with van der Waals surface area (Å²) in [5.74, 6) is 0.891. The maximum Gasteiger partial charge on any atom is 0.317 e. The first-order valence-corrected chi connectivity index (χ1v) is 9.97. The molecular formula is C21H31N5O. The van der Waals surface area contributed by atoms with Gasteiger partial charge in [0.1, 0.15) is 5.82 Å². The largest absolute Gasteiger partial charge is 0.337 e. The van der Waals surface area contributed by atoms with Crippen LogP contribution in [0.5, 0.6) is 0 Å². The van der Waals surface area contributed by atoms with Gasteiger partial charge in [-0.25, -0.2) is 9.78 Å². The second-order valence-corrected chi connectivity index (χ2v) is 7.18. The molecule has 27 heavy (non-hydrogen) atoms. The molecule has 0 spiro atoms. The Morgan fingerprint density at radius 3 is 2.59 bits per heavy atom. The third-order valence-corrected chi connectivity index (χ3v) is 5.38. The van der Waals surface area contributed by atoms with Gasteiger partial charge in [0.05, 0.1) is 12.6 Å². The molecule has 0 radical (unpaired) electrons. The summed E-state index contributed by atoms with van der Waals surface area (Å²) in [6, 6.07) is 10.7. The van der Waals surface area contributed by atoms with Gasteiger partial charge in [-0.15, -0.1) is 0 Å². The van der Waals surface area contributed by atoms with Crippen molar-refractivity contribution in [2.45, 2.75) is 38.8 Å². The number of piperidine rings is 1. The minimum atomic E-state index is -0.0292. The van der Waals surface area contributed by atoms with Gasteiger partial charge in [0, 0.05) is 32.5 Å². The molecule has 1 atom stereocenters. The lowest BCUT2D eigenvalue weighted by Crippen LogP contribution is -2.45. The van der Waals surface area contributed by atoms with Gasteiger partial charge in [0.25, 0.3) is 0 Å². The highest BCUT2D eigenvalue weighted by Crippen LogP contribution is 2.24. The first-order chi connectivity index (χ1) is 13.2. The molecule has 6 nitrogen and oxygen atoms in total. The predicted molar refractivity (Wildman–Crippen MR) is 107 cm³/mol. The predicted octanol–water partition coefficient (Wildman–Crippen LogP) is 3.18. The SMILES string of the molecule is CCN(Cc1nccn1C)C(=O)NC[C@H](c1ccccc1)N1CCCCC1. The number of aryl methyl sites for hydroxylation is 1. The fraction of sp³-hybridized carbons (Fsp3) is 0.524. The van der Waals surface area contributed by atoms with E-state index in [4.69, 9.17) is 0 Å². The molecule has 6 heteroatoms. The van der Waals surface area contributed by atoms with Crippen LogP contribution in [0.15, 0.2) is 42.7 Å². The van der Waals surface area contributed by atoms with Crippen LogP contribution < -0.4 is 5.32 Å². The van der Waals surface area contributed by atoms with Gasteiger partial charge in [-0.3, -0.25) is 4.90 Å². The van der Waals surface area contributed by atoms with Crippen LogP contribution in [0.2, 0.25) is 0 Å². The molecule has 1 aromatic carbocycles. The third-order valence-electron chi connectivity index (χ3n) is 5.38. The van der Waals surface area contributed by atoms with Crippen LogP contribution in [0.25, 0.3) is 0 Å². The van der Waals surface area contributed by atoms with Gasteiger partial charge in [-0.05, 0) is 38.4 Å². The maximum atomic E-state index is 12.8. The summed E-state index contributed by atoms with van der Waals surface area (Å²) in [4.78, 5) is 21.4. The summed E-state index contributed by atoms with van der Waals surface area (Å²) in [5, 5.41) is 3.17. The second kappa shape index (κ2) is 9.55. The molecule has 2 aromatic rings. The average molecular weight is 370 g/mol. The smallest absolute Gasteiger partial charge is 0.317 e. The molecule has 1 N–H and O–H groups in total. The number of carbonyl (C=O) groups excluding carboxylic acids is 1. The standard InChI is InChI=1S/C21H31N5O/c1-3-25(17-20-22-12-15-24(20)2)21(27)23-16-19(18-10-6-4-7-11-18)26-13-8-5-9-14-26/h4,6-7,10-12,15,19H,3,5,8-9,13-14,16-17H2,1-2H3,(H,23,27)/t19-/m1/s1. The summed E-state index contributed by atoms with van der Waals surface area (Å²) < 4.78 is 1.95. The van der Waals surface area contributed by atoms with Gasteiger partial charge in [-0.2, -0.15) is 0 Å². The Morgan fingerprint density at radius 2 is 1.96 bits per heavy atom. The highest BCUT2D eigenvalue weighted by atomic mass is 16.2. The van der Waals surface area contributed by atoms with Gasteiger partial charge < -0.3 is 14.8 Å². The Hall–Kier alpha value is -2.34. The number of hydrogen-bond donors (Lipinski definition) is 1. The Labute approximate surface area is 162 Å². The molecule has 1 aromatic heterocycles. The lowest BCUT2D eigenvalue weighted by Gasteiger charge is -2.35. The van der Waals surface area contributed by atoms with Crippen molar-refractivity contribution in [3.63, 3.8) is 0 Å². The lowest BCUT2D eigenvalue weighted by molar-refractivity contribution is 0.154. The fourth-order valence-corrected chi connectivity index (χ4v) is 3.71. The van der Waals surface area contributed by atoms with Crippen molar-refractivity contribution in [2.24, 2.45) is 7.05 Å². The van der Waals surface area contributed by atoms with E-state index in [-0.39, 0.29) is 12.1 Å². The van der Waals surface area contributed by atoms with E-state index in [1.165, 1.54) is 24.8 Å². The fourth-order valence-electron chi connectivity index (χ4n) is 3.71. The molecule has 2 heterocycles. The summed E-state index contributed by atoms with van der Waals surface area (Å²) in [6.45, 7) is 5.99. The van der Waals surface area contributed by atoms with E-state index in [0.29, 0.717) is 19.6 Å². The number of rotatable bonds is 7. The van der Waals surface area contributed by atoms with Crippen LogP contribution in [0, 0.1) is 0 Å². The quantitative estimate of drug-likeness (QED) is 0.816. The number of hydrogen-bond acceptors (Lipinski definition) is 3. The minimum absolute atomic E-state index is 0.0292. The Balaban J connectivity index is 1.64. The van der Waals surface area contributed by atoms with E-state index in [2.05, 4.69) is 39.5 Å². The van der Waals surface area contributed by atoms with E-state index < -0.39 is 0 Å². The zero-order valence-electron chi connectivity index (χ0n) is 16.5. The molecule has 0 saturated carbocycles. The van der Waals surface area contributed by atoms with Crippen LogP contribution in [-0.4, -0.2) is 51.6 Å². The van der Waals surface area contributed by atoms with Crippen LogP contribution in [0.1, 0.15) is 43.6 Å². The van der Waals surface area contributed by atoms with Gasteiger partial charge in [0.2, 0.25) is 0 Å². The number of aromatic nitrogens is 2. The molecule has 2 amide bonds. The number of nitrogens with one attached hydrogen (secondary N) is 1. The molecule has 1 aliphatic rings. The van der Waals surface area contributed by atoms with Crippen molar-refractivity contribution in [3.8, 4) is 0 Å². The second-order valence-electron chi connectivity index (χ2n) is 7.18. The molecule has 0 bridgehead atoms. The number of imidazole rings is 1. The first kappa shape index (κ1) is 19.4. The number of benzene rings is 1. The molecule has 1 aliphatic heterocycles. The van der Waals surface area contributed by atoms with E-state index in [1.54, 1.807) is 11.1 Å². The lowest BCUT2D eigenvalue weighted by atomic mass is 10.0. The highest BCUT2D eigenvalue weighted by Gasteiger charge is 2.23. The van der Waals surface area contributed by atoms with Crippen molar-refractivity contribution in [1.82, 2.24) is 24.7 Å². The maximum absolute atomic E-state index is 12.8. The molecular weight excluding hydrogens is 338 g/mol. The number of carbonyl (C=O) groups is 1. The van der Waals surface area contributed by atoms with Crippen LogP contribution in [0.3, 0.4) is 0 Å². The Kier molecular flexibility index (Phi) is 6.87. The zero-order chi connectivity index (χ0) is 19.1. The topological polar surface area (TPSA) is 53.4 Å². The Morgan fingerprint density at radius 1 is 1.22 bits per heavy atom. The number of urea groups is 1. The van der Waals surface area contributed by atoms with Gasteiger partial charge in [0.15, 0.2) is 0 Å². The molecule has 1 saturated heterocycles. The monoisotopic (exact) mass is 369 g/mol. The van der Waals surface area contributed by atoms with Crippen molar-refractivity contribution < 1.29 is 4.79 Å². The van der Waals surface area contributed by atoms with Crippen molar-refractivity contribution in [3.05, 3.63) is 54.1 Å². The number of nitrogens with zero attached hydrogens (tertiary/aromatic N) is 4. The zero-order valence-corrected chi connectivity index (χ0v) is 16.5. The van der Waals surface area contributed by atoms with Gasteiger partial charge in [-0.1, -0.05) is 36.8 Å². The van der Waals surface area contributed by atoms with Crippen LogP contribution >= 0.6 is 0 Å². The highest BCUT2D eigenvalue weighted by molar-refractivity contribution is 5.74. The van der Waals surface area contributed by atoms with Crippen molar-refractivity contribution in [1.29, 1.82) is 0 Å².